The zero-order valence-electron chi connectivity index (χ0n) is 8.32. The number of nitrogens with zero attached hydrogens (tertiary/aromatic N) is 3. The van der Waals surface area contributed by atoms with Crippen molar-refractivity contribution >= 4 is 6.29 Å². The molecule has 4 heteroatoms. The van der Waals surface area contributed by atoms with Crippen molar-refractivity contribution in [1.82, 2.24) is 15.0 Å². The number of carbonyl (C=O) groups is 1. The van der Waals surface area contributed by atoms with Gasteiger partial charge in [-0.1, -0.05) is 19.1 Å². The summed E-state index contributed by atoms with van der Waals surface area (Å²) in [7, 11) is 0. The lowest BCUT2D eigenvalue weighted by molar-refractivity contribution is 0.111. The van der Waals surface area contributed by atoms with E-state index in [0.29, 0.717) is 11.6 Å². The Morgan fingerprint density at radius 1 is 1.54 bits per heavy atom. The maximum Gasteiger partial charge on any atom is 0.172 e. The fraction of sp³-hybridized carbons (Fsp3) is 0.667. The van der Waals surface area contributed by atoms with Crippen molar-refractivity contribution in [2.24, 2.45) is 5.92 Å². The third kappa shape index (κ3) is 2.14. The van der Waals surface area contributed by atoms with Crippen LogP contribution in [0.2, 0.25) is 0 Å². The quantitative estimate of drug-likeness (QED) is 0.658. The second kappa shape index (κ2) is 4.16. The van der Waals surface area contributed by atoms with Crippen LogP contribution >= 0.6 is 0 Å². The molecule has 1 aromatic rings. The molecule has 0 N–H and O–H groups in total. The van der Waals surface area contributed by atoms with E-state index in [0.717, 1.165) is 24.9 Å². The Morgan fingerprint density at radius 3 is 2.69 bits per heavy atom. The summed E-state index contributed by atoms with van der Waals surface area (Å²) in [5, 5.41) is 7.70. The number of rotatable bonds is 4. The lowest BCUT2D eigenvalue weighted by Gasteiger charge is -2.06. The average Bonchev–Trinajstić information content (AvgIpc) is 2.46. The summed E-state index contributed by atoms with van der Waals surface area (Å²) in [6.07, 6.45) is 1.63. The molecule has 4 nitrogen and oxygen atoms in total. The van der Waals surface area contributed by atoms with Crippen LogP contribution in [0.15, 0.2) is 0 Å². The van der Waals surface area contributed by atoms with E-state index in [1.807, 2.05) is 6.92 Å². The van der Waals surface area contributed by atoms with Gasteiger partial charge in [-0.15, -0.1) is 5.10 Å². The SMILES string of the molecule is CCn1nnc(C=O)c1CC(C)C. The molecule has 0 bridgehead atoms. The molecule has 0 amide bonds. The molecule has 0 radical (unpaired) electrons. The van der Waals surface area contributed by atoms with Crippen LogP contribution in [0.5, 0.6) is 0 Å². The van der Waals surface area contributed by atoms with Crippen LogP contribution < -0.4 is 0 Å². The van der Waals surface area contributed by atoms with E-state index in [1.54, 1.807) is 4.68 Å². The lowest BCUT2D eigenvalue weighted by atomic mass is 10.1. The molecular formula is C9H15N3O. The van der Waals surface area contributed by atoms with Crippen molar-refractivity contribution in [2.75, 3.05) is 0 Å². The van der Waals surface area contributed by atoms with Crippen LogP contribution in [-0.4, -0.2) is 21.3 Å². The smallest absolute Gasteiger partial charge is 0.172 e. The van der Waals surface area contributed by atoms with Crippen LogP contribution in [0.1, 0.15) is 37.0 Å². The fourth-order valence-electron chi connectivity index (χ4n) is 1.29. The highest BCUT2D eigenvalue weighted by Crippen LogP contribution is 2.09. The highest BCUT2D eigenvalue weighted by molar-refractivity contribution is 5.73. The molecule has 0 aliphatic carbocycles. The Labute approximate surface area is 77.9 Å². The predicted octanol–water partition coefficient (Wildman–Crippen LogP) is 1.31. The van der Waals surface area contributed by atoms with E-state index < -0.39 is 0 Å². The topological polar surface area (TPSA) is 47.8 Å². The van der Waals surface area contributed by atoms with E-state index >= 15 is 0 Å². The first-order valence-electron chi connectivity index (χ1n) is 4.56. The summed E-state index contributed by atoms with van der Waals surface area (Å²) in [6.45, 7) is 6.99. The molecule has 13 heavy (non-hydrogen) atoms. The molecule has 0 atom stereocenters. The van der Waals surface area contributed by atoms with E-state index in [1.165, 1.54) is 0 Å². The van der Waals surface area contributed by atoms with Gasteiger partial charge >= 0.3 is 0 Å². The minimum atomic E-state index is 0.482. The molecule has 1 rings (SSSR count). The Kier molecular flexibility index (Phi) is 3.17. The Bertz CT molecular complexity index is 291. The Hall–Kier alpha value is -1.19. The molecule has 0 saturated heterocycles. The summed E-state index contributed by atoms with van der Waals surface area (Å²) in [5.41, 5.74) is 1.43. The van der Waals surface area contributed by atoms with Gasteiger partial charge in [0.25, 0.3) is 0 Å². The highest BCUT2D eigenvalue weighted by atomic mass is 16.1. The van der Waals surface area contributed by atoms with Crippen molar-refractivity contribution in [3.63, 3.8) is 0 Å². The van der Waals surface area contributed by atoms with Gasteiger partial charge in [-0.05, 0) is 19.3 Å². The van der Waals surface area contributed by atoms with Crippen LogP contribution in [0.3, 0.4) is 0 Å². The zero-order chi connectivity index (χ0) is 9.84. The van der Waals surface area contributed by atoms with E-state index in [4.69, 9.17) is 0 Å². The molecule has 1 aromatic heterocycles. The van der Waals surface area contributed by atoms with E-state index in [2.05, 4.69) is 24.2 Å². The number of aldehydes is 1. The summed E-state index contributed by atoms with van der Waals surface area (Å²) in [6, 6.07) is 0. The number of carbonyl (C=O) groups excluding carboxylic acids is 1. The normalized spacial score (nSPS) is 10.8. The summed E-state index contributed by atoms with van der Waals surface area (Å²) in [4.78, 5) is 10.6. The number of hydrogen-bond donors (Lipinski definition) is 0. The van der Waals surface area contributed by atoms with Gasteiger partial charge < -0.3 is 0 Å². The minimum absolute atomic E-state index is 0.482. The first-order chi connectivity index (χ1) is 6.19. The lowest BCUT2D eigenvalue weighted by Crippen LogP contribution is -2.07. The highest BCUT2D eigenvalue weighted by Gasteiger charge is 2.11. The largest absolute Gasteiger partial charge is 0.296 e. The molecule has 0 saturated carbocycles. The second-order valence-corrected chi connectivity index (χ2v) is 3.45. The van der Waals surface area contributed by atoms with Crippen molar-refractivity contribution in [1.29, 1.82) is 0 Å². The summed E-state index contributed by atoms with van der Waals surface area (Å²) >= 11 is 0. The maximum atomic E-state index is 10.6. The number of aromatic nitrogens is 3. The first-order valence-corrected chi connectivity index (χ1v) is 4.56. The molecular weight excluding hydrogens is 166 g/mol. The van der Waals surface area contributed by atoms with Gasteiger partial charge in [0.15, 0.2) is 6.29 Å². The molecule has 0 aromatic carbocycles. The van der Waals surface area contributed by atoms with Gasteiger partial charge in [0.05, 0.1) is 5.69 Å². The predicted molar refractivity (Wildman–Crippen MR) is 49.6 cm³/mol. The van der Waals surface area contributed by atoms with Crippen LogP contribution in [0.4, 0.5) is 0 Å². The third-order valence-electron chi connectivity index (χ3n) is 1.88. The van der Waals surface area contributed by atoms with Gasteiger partial charge in [-0.3, -0.25) is 4.79 Å². The van der Waals surface area contributed by atoms with Crippen LogP contribution in [0.25, 0.3) is 0 Å². The van der Waals surface area contributed by atoms with Gasteiger partial charge in [-0.2, -0.15) is 0 Å². The molecule has 0 unspecified atom stereocenters. The molecule has 1 heterocycles. The van der Waals surface area contributed by atoms with Crippen molar-refractivity contribution < 1.29 is 4.79 Å². The van der Waals surface area contributed by atoms with Crippen LogP contribution in [0, 0.1) is 5.92 Å². The Balaban J connectivity index is 2.97. The standard InChI is InChI=1S/C9H15N3O/c1-4-12-9(5-7(2)3)8(6-13)10-11-12/h6-7H,4-5H2,1-3H3. The van der Waals surface area contributed by atoms with Crippen molar-refractivity contribution in [3.8, 4) is 0 Å². The molecule has 0 spiro atoms. The second-order valence-electron chi connectivity index (χ2n) is 3.45. The van der Waals surface area contributed by atoms with Gasteiger partial charge in [0.2, 0.25) is 0 Å². The monoisotopic (exact) mass is 181 g/mol. The first kappa shape index (κ1) is 9.89. The average molecular weight is 181 g/mol. The van der Waals surface area contributed by atoms with Crippen molar-refractivity contribution in [3.05, 3.63) is 11.4 Å². The zero-order valence-corrected chi connectivity index (χ0v) is 8.32. The molecule has 72 valence electrons. The third-order valence-corrected chi connectivity index (χ3v) is 1.88. The Morgan fingerprint density at radius 2 is 2.23 bits per heavy atom. The van der Waals surface area contributed by atoms with Gasteiger partial charge in [0.1, 0.15) is 5.69 Å². The fourth-order valence-corrected chi connectivity index (χ4v) is 1.29. The van der Waals surface area contributed by atoms with Crippen LogP contribution in [-0.2, 0) is 13.0 Å². The van der Waals surface area contributed by atoms with Gasteiger partial charge in [-0.25, -0.2) is 4.68 Å². The minimum Gasteiger partial charge on any atom is -0.296 e. The number of hydrogen-bond acceptors (Lipinski definition) is 3. The molecule has 0 aliphatic heterocycles. The molecule has 0 aliphatic rings. The van der Waals surface area contributed by atoms with E-state index in [-0.39, 0.29) is 0 Å². The van der Waals surface area contributed by atoms with Crippen molar-refractivity contribution in [2.45, 2.75) is 33.7 Å². The molecule has 0 fully saturated rings. The van der Waals surface area contributed by atoms with E-state index in [9.17, 15) is 4.79 Å². The maximum absolute atomic E-state index is 10.6. The number of aryl methyl sites for hydroxylation is 1. The summed E-state index contributed by atoms with van der Waals surface area (Å²) < 4.78 is 1.78. The van der Waals surface area contributed by atoms with Gasteiger partial charge in [0, 0.05) is 6.54 Å². The summed E-state index contributed by atoms with van der Waals surface area (Å²) in [5.74, 6) is 0.516.